The van der Waals surface area contributed by atoms with E-state index in [0.29, 0.717) is 17.2 Å². The number of benzene rings is 3. The van der Waals surface area contributed by atoms with Crippen molar-refractivity contribution >= 4 is 22.4 Å². The van der Waals surface area contributed by atoms with Gasteiger partial charge in [-0.25, -0.2) is 8.78 Å². The molecule has 1 heterocycles. The predicted octanol–water partition coefficient (Wildman–Crippen LogP) is 6.36. The zero-order chi connectivity index (χ0) is 22.0. The molecule has 4 rings (SSSR count). The molecule has 2 atom stereocenters. The molecule has 0 radical (unpaired) electrons. The number of aliphatic hydroxyl groups excluding tert-OH is 1. The van der Waals surface area contributed by atoms with Crippen LogP contribution in [0, 0.1) is 11.6 Å². The third-order valence-electron chi connectivity index (χ3n) is 5.78. The maximum atomic E-state index is 14.7. The van der Waals surface area contributed by atoms with E-state index in [9.17, 15) is 13.9 Å². The van der Waals surface area contributed by atoms with Gasteiger partial charge in [-0.2, -0.15) is 0 Å². The van der Waals surface area contributed by atoms with Gasteiger partial charge in [0.1, 0.15) is 17.4 Å². The predicted molar refractivity (Wildman–Crippen MR) is 118 cm³/mol. The molecule has 31 heavy (non-hydrogen) atoms. The van der Waals surface area contributed by atoms with Gasteiger partial charge in [0.05, 0.1) is 30.4 Å². The second-order valence-corrected chi connectivity index (χ2v) is 8.20. The van der Waals surface area contributed by atoms with E-state index in [2.05, 4.69) is 0 Å². The van der Waals surface area contributed by atoms with Crippen molar-refractivity contribution in [3.05, 3.63) is 75.8 Å². The van der Waals surface area contributed by atoms with Crippen LogP contribution in [0.1, 0.15) is 49.0 Å². The van der Waals surface area contributed by atoms with Crippen LogP contribution in [0.5, 0.6) is 5.75 Å². The summed E-state index contributed by atoms with van der Waals surface area (Å²) in [7, 11) is 0. The molecule has 6 heteroatoms. The fraction of sp³-hybridized carbons (Fsp3) is 0.360. The smallest absolute Gasteiger partial charge is 0.133 e. The van der Waals surface area contributed by atoms with Gasteiger partial charge >= 0.3 is 0 Å². The van der Waals surface area contributed by atoms with Crippen LogP contribution in [-0.2, 0) is 11.2 Å². The van der Waals surface area contributed by atoms with Gasteiger partial charge in [-0.15, -0.1) is 0 Å². The van der Waals surface area contributed by atoms with E-state index in [0.717, 1.165) is 35.6 Å². The first-order valence-corrected chi connectivity index (χ1v) is 11.0. The molecule has 0 aliphatic carbocycles. The van der Waals surface area contributed by atoms with Crippen molar-refractivity contribution in [3.63, 3.8) is 0 Å². The van der Waals surface area contributed by atoms with Gasteiger partial charge in [-0.1, -0.05) is 41.9 Å². The Kier molecular flexibility index (Phi) is 6.75. The van der Waals surface area contributed by atoms with E-state index < -0.39 is 11.6 Å². The zero-order valence-corrected chi connectivity index (χ0v) is 18.1. The molecular formula is C25H25ClF2O3. The number of fused-ring (bicyclic) bond motifs is 1. The Morgan fingerprint density at radius 3 is 2.48 bits per heavy atom. The Labute approximate surface area is 185 Å². The highest BCUT2D eigenvalue weighted by Crippen LogP contribution is 2.40. The molecule has 0 spiro atoms. The highest BCUT2D eigenvalue weighted by atomic mass is 35.5. The second kappa shape index (κ2) is 9.51. The number of aliphatic hydroxyl groups is 1. The minimum atomic E-state index is -0.663. The topological polar surface area (TPSA) is 38.7 Å². The molecule has 1 aliphatic rings. The summed E-state index contributed by atoms with van der Waals surface area (Å²) in [6.45, 7) is 2.06. The van der Waals surface area contributed by atoms with Crippen molar-refractivity contribution in [2.75, 3.05) is 13.2 Å². The van der Waals surface area contributed by atoms with E-state index in [1.54, 1.807) is 6.92 Å². The van der Waals surface area contributed by atoms with Crippen molar-refractivity contribution in [3.8, 4) is 5.75 Å². The lowest BCUT2D eigenvalue weighted by Gasteiger charge is -2.30. The first-order chi connectivity index (χ1) is 15.0. The van der Waals surface area contributed by atoms with E-state index in [4.69, 9.17) is 21.1 Å². The lowest BCUT2D eigenvalue weighted by Crippen LogP contribution is -2.25. The Balaban J connectivity index is 1.78. The van der Waals surface area contributed by atoms with Gasteiger partial charge in [0, 0.05) is 29.5 Å². The number of hydrogen-bond acceptors (Lipinski definition) is 3. The lowest BCUT2D eigenvalue weighted by atomic mass is 9.90. The van der Waals surface area contributed by atoms with Crippen LogP contribution in [-0.4, -0.2) is 24.4 Å². The molecule has 0 aromatic heterocycles. The number of rotatable bonds is 6. The summed E-state index contributed by atoms with van der Waals surface area (Å²) in [5.41, 5.74) is 1.51. The van der Waals surface area contributed by atoms with Crippen LogP contribution >= 0.6 is 11.6 Å². The SMILES string of the molecule is CCOc1cc(F)c(Cc2cc(C3CCCC(CO)O3)c3ccccc3c2Cl)c(F)c1. The van der Waals surface area contributed by atoms with Crippen molar-refractivity contribution in [2.45, 2.75) is 44.8 Å². The average molecular weight is 447 g/mol. The van der Waals surface area contributed by atoms with Crippen molar-refractivity contribution in [2.24, 2.45) is 0 Å². The van der Waals surface area contributed by atoms with Gasteiger partial charge in [0.15, 0.2) is 0 Å². The van der Waals surface area contributed by atoms with Crippen LogP contribution in [0.4, 0.5) is 8.78 Å². The average Bonchev–Trinajstić information content (AvgIpc) is 2.78. The Hall–Kier alpha value is -2.21. The van der Waals surface area contributed by atoms with Crippen LogP contribution in [0.2, 0.25) is 5.02 Å². The summed E-state index contributed by atoms with van der Waals surface area (Å²) in [5.74, 6) is -1.16. The summed E-state index contributed by atoms with van der Waals surface area (Å²) >= 11 is 6.69. The number of halogens is 3. The molecular weight excluding hydrogens is 422 g/mol. The maximum absolute atomic E-state index is 14.7. The van der Waals surface area contributed by atoms with Crippen LogP contribution in [0.25, 0.3) is 10.8 Å². The van der Waals surface area contributed by atoms with E-state index >= 15 is 0 Å². The highest BCUT2D eigenvalue weighted by Gasteiger charge is 2.26. The largest absolute Gasteiger partial charge is 0.494 e. The first kappa shape index (κ1) is 22.0. The Bertz CT molecular complexity index is 1060. The molecule has 0 bridgehead atoms. The maximum Gasteiger partial charge on any atom is 0.133 e. The van der Waals surface area contributed by atoms with E-state index in [1.165, 1.54) is 12.1 Å². The number of hydrogen-bond donors (Lipinski definition) is 1. The van der Waals surface area contributed by atoms with Gasteiger partial charge in [-0.05, 0) is 42.7 Å². The van der Waals surface area contributed by atoms with Crippen molar-refractivity contribution in [1.29, 1.82) is 0 Å². The minimum absolute atomic E-state index is 0.0108. The third-order valence-corrected chi connectivity index (χ3v) is 6.22. The Morgan fingerprint density at radius 1 is 1.10 bits per heavy atom. The molecule has 1 saturated heterocycles. The molecule has 0 saturated carbocycles. The number of ether oxygens (including phenoxy) is 2. The van der Waals surface area contributed by atoms with Gasteiger partial charge in [-0.3, -0.25) is 0 Å². The van der Waals surface area contributed by atoms with E-state index in [1.807, 2.05) is 30.3 Å². The zero-order valence-electron chi connectivity index (χ0n) is 17.3. The molecule has 1 N–H and O–H groups in total. The second-order valence-electron chi connectivity index (χ2n) is 7.82. The fourth-order valence-electron chi connectivity index (χ4n) is 4.27. The quantitative estimate of drug-likeness (QED) is 0.478. The minimum Gasteiger partial charge on any atom is -0.494 e. The molecule has 1 fully saturated rings. The Morgan fingerprint density at radius 2 is 1.81 bits per heavy atom. The van der Waals surface area contributed by atoms with Crippen molar-refractivity contribution in [1.82, 2.24) is 0 Å². The van der Waals surface area contributed by atoms with E-state index in [-0.39, 0.29) is 36.5 Å². The summed E-state index contributed by atoms with van der Waals surface area (Å²) < 4.78 is 40.7. The van der Waals surface area contributed by atoms with Crippen molar-refractivity contribution < 1.29 is 23.4 Å². The summed E-state index contributed by atoms with van der Waals surface area (Å²) in [6, 6.07) is 12.0. The molecule has 3 aromatic rings. The van der Waals surface area contributed by atoms with Crippen LogP contribution < -0.4 is 4.74 Å². The molecule has 2 unspecified atom stereocenters. The third kappa shape index (κ3) is 4.54. The lowest BCUT2D eigenvalue weighted by molar-refractivity contribution is -0.0731. The van der Waals surface area contributed by atoms with Crippen LogP contribution in [0.15, 0.2) is 42.5 Å². The monoisotopic (exact) mass is 446 g/mol. The van der Waals surface area contributed by atoms with Gasteiger partial charge in [0.25, 0.3) is 0 Å². The van der Waals surface area contributed by atoms with Gasteiger partial charge < -0.3 is 14.6 Å². The molecule has 0 amide bonds. The summed E-state index contributed by atoms with van der Waals surface area (Å²) in [5, 5.41) is 11.8. The van der Waals surface area contributed by atoms with Crippen LogP contribution in [0.3, 0.4) is 0 Å². The molecule has 1 aliphatic heterocycles. The molecule has 3 aromatic carbocycles. The summed E-state index contributed by atoms with van der Waals surface area (Å²) in [4.78, 5) is 0. The standard InChI is InChI=1S/C25H25ClF2O3/c1-2-30-17-12-22(27)21(23(28)13-17)11-15-10-20(24-9-5-6-16(14-29)31-24)18-7-3-4-8-19(18)25(15)26/h3-4,7-8,10,12-13,16,24,29H,2,5-6,9,11,14H2,1H3. The van der Waals surface area contributed by atoms with Gasteiger partial charge in [0.2, 0.25) is 0 Å². The highest BCUT2D eigenvalue weighted by molar-refractivity contribution is 6.36. The molecule has 164 valence electrons. The first-order valence-electron chi connectivity index (χ1n) is 10.6. The fourth-order valence-corrected chi connectivity index (χ4v) is 4.56. The molecule has 3 nitrogen and oxygen atoms in total. The normalized spacial score (nSPS) is 19.0. The summed E-state index contributed by atoms with van der Waals surface area (Å²) in [6.07, 6.45) is 2.15.